The molecule has 0 radical (unpaired) electrons. The molecule has 1 aliphatic carbocycles. The average molecular weight is 252 g/mol. The minimum Gasteiger partial charge on any atom is -0.342 e. The minimum absolute atomic E-state index is 0.0174. The van der Waals surface area contributed by atoms with Crippen molar-refractivity contribution in [2.75, 3.05) is 13.1 Å². The SMILES string of the molecule is CCCC1(CN2CCC(=O)NC(C)(C)C2=O)CC1. The summed E-state index contributed by atoms with van der Waals surface area (Å²) in [7, 11) is 0. The van der Waals surface area contributed by atoms with Gasteiger partial charge >= 0.3 is 0 Å². The minimum atomic E-state index is -0.754. The van der Waals surface area contributed by atoms with Crippen LogP contribution in [-0.4, -0.2) is 35.3 Å². The number of carbonyl (C=O) groups excluding carboxylic acids is 2. The molecule has 2 rings (SSSR count). The zero-order valence-electron chi connectivity index (χ0n) is 11.7. The summed E-state index contributed by atoms with van der Waals surface area (Å²) in [4.78, 5) is 25.9. The van der Waals surface area contributed by atoms with Crippen LogP contribution in [0.1, 0.15) is 52.9 Å². The fourth-order valence-corrected chi connectivity index (χ4v) is 2.95. The number of hydrogen-bond donors (Lipinski definition) is 1. The molecule has 0 unspecified atom stereocenters. The van der Waals surface area contributed by atoms with Crippen LogP contribution in [0.15, 0.2) is 0 Å². The lowest BCUT2D eigenvalue weighted by Crippen LogP contribution is -2.53. The van der Waals surface area contributed by atoms with E-state index in [2.05, 4.69) is 12.2 Å². The summed E-state index contributed by atoms with van der Waals surface area (Å²) in [5.74, 6) is 0.0481. The quantitative estimate of drug-likeness (QED) is 0.828. The Bertz CT molecular complexity index is 359. The molecule has 0 bridgehead atoms. The zero-order valence-corrected chi connectivity index (χ0v) is 11.7. The number of hydrogen-bond acceptors (Lipinski definition) is 2. The standard InChI is InChI=1S/C14H24N2O2/c1-4-6-14(7-8-14)10-16-9-5-11(17)15-13(2,3)12(16)18/h4-10H2,1-3H3,(H,15,17). The Morgan fingerprint density at radius 2 is 1.94 bits per heavy atom. The average Bonchev–Trinajstić information content (AvgIpc) is 3.03. The molecule has 18 heavy (non-hydrogen) atoms. The Morgan fingerprint density at radius 1 is 1.28 bits per heavy atom. The highest BCUT2D eigenvalue weighted by Crippen LogP contribution is 2.50. The monoisotopic (exact) mass is 252 g/mol. The molecule has 2 amide bonds. The molecule has 102 valence electrons. The molecule has 1 heterocycles. The Hall–Kier alpha value is -1.06. The van der Waals surface area contributed by atoms with Crippen LogP contribution in [0.4, 0.5) is 0 Å². The number of rotatable bonds is 4. The lowest BCUT2D eigenvalue weighted by molar-refractivity contribution is -0.138. The summed E-state index contributed by atoms with van der Waals surface area (Å²) < 4.78 is 0. The van der Waals surface area contributed by atoms with Crippen molar-refractivity contribution in [3.05, 3.63) is 0 Å². The van der Waals surface area contributed by atoms with Gasteiger partial charge in [0.05, 0.1) is 0 Å². The van der Waals surface area contributed by atoms with Crippen LogP contribution in [-0.2, 0) is 9.59 Å². The third kappa shape index (κ3) is 2.68. The van der Waals surface area contributed by atoms with E-state index in [1.807, 2.05) is 4.90 Å². The van der Waals surface area contributed by atoms with E-state index in [4.69, 9.17) is 0 Å². The van der Waals surface area contributed by atoms with Crippen molar-refractivity contribution in [3.8, 4) is 0 Å². The number of carbonyl (C=O) groups is 2. The summed E-state index contributed by atoms with van der Waals surface area (Å²) in [5.41, 5.74) is -0.399. The van der Waals surface area contributed by atoms with Gasteiger partial charge in [-0.2, -0.15) is 0 Å². The van der Waals surface area contributed by atoms with E-state index in [0.717, 1.165) is 6.54 Å². The van der Waals surface area contributed by atoms with Gasteiger partial charge in [-0.05, 0) is 38.5 Å². The Balaban J connectivity index is 2.07. The number of amides is 2. The topological polar surface area (TPSA) is 49.4 Å². The van der Waals surface area contributed by atoms with Gasteiger partial charge in [0, 0.05) is 19.5 Å². The van der Waals surface area contributed by atoms with Crippen LogP contribution >= 0.6 is 0 Å². The molecule has 0 aromatic rings. The van der Waals surface area contributed by atoms with E-state index in [1.165, 1.54) is 25.7 Å². The van der Waals surface area contributed by atoms with Crippen molar-refractivity contribution < 1.29 is 9.59 Å². The lowest BCUT2D eigenvalue weighted by atomic mass is 9.98. The molecular formula is C14H24N2O2. The highest BCUT2D eigenvalue weighted by atomic mass is 16.2. The molecule has 0 aromatic carbocycles. The van der Waals surface area contributed by atoms with Gasteiger partial charge in [-0.1, -0.05) is 13.3 Å². The number of nitrogens with one attached hydrogen (secondary N) is 1. The van der Waals surface area contributed by atoms with Crippen molar-refractivity contribution in [2.45, 2.75) is 58.4 Å². The number of nitrogens with zero attached hydrogens (tertiary/aromatic N) is 1. The van der Waals surface area contributed by atoms with Gasteiger partial charge in [-0.25, -0.2) is 0 Å². The van der Waals surface area contributed by atoms with E-state index in [9.17, 15) is 9.59 Å². The molecule has 4 heteroatoms. The van der Waals surface area contributed by atoms with Crippen molar-refractivity contribution >= 4 is 11.8 Å². The van der Waals surface area contributed by atoms with Crippen LogP contribution in [0.25, 0.3) is 0 Å². The van der Waals surface area contributed by atoms with E-state index < -0.39 is 5.54 Å². The molecule has 2 aliphatic rings. The first-order valence-electron chi connectivity index (χ1n) is 6.99. The van der Waals surface area contributed by atoms with Crippen molar-refractivity contribution in [3.63, 3.8) is 0 Å². The summed E-state index contributed by atoms with van der Waals surface area (Å²) in [6.07, 6.45) is 5.25. The van der Waals surface area contributed by atoms with Gasteiger partial charge in [-0.15, -0.1) is 0 Å². The highest BCUT2D eigenvalue weighted by Gasteiger charge is 2.46. The smallest absolute Gasteiger partial charge is 0.247 e. The molecule has 1 saturated carbocycles. The molecule has 0 spiro atoms. The third-order valence-electron chi connectivity index (χ3n) is 4.15. The lowest BCUT2D eigenvalue weighted by Gasteiger charge is -2.31. The van der Waals surface area contributed by atoms with E-state index in [0.29, 0.717) is 18.4 Å². The maximum atomic E-state index is 12.4. The molecule has 1 aliphatic heterocycles. The maximum Gasteiger partial charge on any atom is 0.247 e. The van der Waals surface area contributed by atoms with E-state index >= 15 is 0 Å². The van der Waals surface area contributed by atoms with Crippen molar-refractivity contribution in [2.24, 2.45) is 5.41 Å². The maximum absolute atomic E-state index is 12.4. The summed E-state index contributed by atoms with van der Waals surface area (Å²) in [6.45, 7) is 7.19. The third-order valence-corrected chi connectivity index (χ3v) is 4.15. The molecule has 1 N–H and O–H groups in total. The van der Waals surface area contributed by atoms with Crippen LogP contribution in [0.3, 0.4) is 0 Å². The van der Waals surface area contributed by atoms with Gasteiger partial charge in [0.1, 0.15) is 5.54 Å². The largest absolute Gasteiger partial charge is 0.342 e. The molecular weight excluding hydrogens is 228 g/mol. The highest BCUT2D eigenvalue weighted by molar-refractivity contribution is 5.92. The second-order valence-corrected chi connectivity index (χ2v) is 6.40. The normalized spacial score (nSPS) is 25.6. The van der Waals surface area contributed by atoms with Gasteiger partial charge < -0.3 is 10.2 Å². The first-order valence-corrected chi connectivity index (χ1v) is 6.99. The summed E-state index contributed by atoms with van der Waals surface area (Å²) >= 11 is 0. The van der Waals surface area contributed by atoms with Crippen molar-refractivity contribution in [1.82, 2.24) is 10.2 Å². The van der Waals surface area contributed by atoms with E-state index in [-0.39, 0.29) is 11.8 Å². The van der Waals surface area contributed by atoms with Gasteiger partial charge in [-0.3, -0.25) is 9.59 Å². The zero-order chi connectivity index (χ0) is 13.4. The van der Waals surface area contributed by atoms with Crippen LogP contribution < -0.4 is 5.32 Å². The fraction of sp³-hybridized carbons (Fsp3) is 0.857. The predicted octanol–water partition coefficient (Wildman–Crippen LogP) is 1.69. The first kappa shape index (κ1) is 13.4. The molecule has 2 fully saturated rings. The predicted molar refractivity (Wildman–Crippen MR) is 70.0 cm³/mol. The first-order chi connectivity index (χ1) is 8.38. The van der Waals surface area contributed by atoms with Crippen LogP contribution in [0.5, 0.6) is 0 Å². The Kier molecular flexibility index (Phi) is 3.39. The second kappa shape index (κ2) is 4.56. The van der Waals surface area contributed by atoms with Crippen LogP contribution in [0.2, 0.25) is 0 Å². The molecule has 0 aromatic heterocycles. The molecule has 4 nitrogen and oxygen atoms in total. The van der Waals surface area contributed by atoms with Gasteiger partial charge in [0.25, 0.3) is 0 Å². The Morgan fingerprint density at radius 3 is 2.50 bits per heavy atom. The summed E-state index contributed by atoms with van der Waals surface area (Å²) in [6, 6.07) is 0. The summed E-state index contributed by atoms with van der Waals surface area (Å²) in [5, 5.41) is 2.81. The molecule has 0 atom stereocenters. The fourth-order valence-electron chi connectivity index (χ4n) is 2.95. The van der Waals surface area contributed by atoms with Crippen LogP contribution in [0, 0.1) is 5.41 Å². The Labute approximate surface area is 109 Å². The second-order valence-electron chi connectivity index (χ2n) is 6.40. The molecule has 1 saturated heterocycles. The van der Waals surface area contributed by atoms with Gasteiger partial charge in [0.2, 0.25) is 11.8 Å². The van der Waals surface area contributed by atoms with Crippen molar-refractivity contribution in [1.29, 1.82) is 0 Å². The van der Waals surface area contributed by atoms with E-state index in [1.54, 1.807) is 13.8 Å². The van der Waals surface area contributed by atoms with Gasteiger partial charge in [0.15, 0.2) is 0 Å².